The quantitative estimate of drug-likeness (QED) is 0.749. The van der Waals surface area contributed by atoms with Gasteiger partial charge in [-0.1, -0.05) is 23.7 Å². The molecule has 0 aliphatic heterocycles. The highest BCUT2D eigenvalue weighted by molar-refractivity contribution is 6.32. The molecule has 0 spiro atoms. The van der Waals surface area contributed by atoms with Crippen LogP contribution in [0.5, 0.6) is 0 Å². The summed E-state index contributed by atoms with van der Waals surface area (Å²) in [4.78, 5) is 0. The maximum atomic E-state index is 6.12. The van der Waals surface area contributed by atoms with E-state index in [-0.39, 0.29) is 0 Å². The van der Waals surface area contributed by atoms with E-state index >= 15 is 0 Å². The van der Waals surface area contributed by atoms with Gasteiger partial charge < -0.3 is 5.73 Å². The molecule has 0 fully saturated rings. The molecule has 0 unspecified atom stereocenters. The number of benzene rings is 1. The average molecular weight is 184 g/mol. The van der Waals surface area contributed by atoms with Gasteiger partial charge >= 0.3 is 0 Å². The summed E-state index contributed by atoms with van der Waals surface area (Å²) in [5.41, 5.74) is 9.05. The molecule has 0 saturated carbocycles. The Bertz CT molecular complexity index is 281. The highest BCUT2D eigenvalue weighted by Gasteiger charge is 2.04. The van der Waals surface area contributed by atoms with Crippen molar-refractivity contribution in [3.63, 3.8) is 0 Å². The monoisotopic (exact) mass is 183 g/mol. The van der Waals surface area contributed by atoms with Gasteiger partial charge in [0.05, 0.1) is 0 Å². The van der Waals surface area contributed by atoms with Crippen LogP contribution in [0.15, 0.2) is 12.1 Å². The number of halogens is 1. The Balaban J connectivity index is 3.14. The highest BCUT2D eigenvalue weighted by atomic mass is 35.5. The van der Waals surface area contributed by atoms with E-state index in [1.165, 1.54) is 11.1 Å². The minimum Gasteiger partial charge on any atom is -0.330 e. The highest BCUT2D eigenvalue weighted by Crippen LogP contribution is 2.23. The van der Waals surface area contributed by atoms with Crippen molar-refractivity contribution in [3.05, 3.63) is 33.8 Å². The second kappa shape index (κ2) is 3.92. The zero-order valence-corrected chi connectivity index (χ0v) is 8.28. The van der Waals surface area contributed by atoms with E-state index < -0.39 is 0 Å². The van der Waals surface area contributed by atoms with Crippen molar-refractivity contribution in [2.24, 2.45) is 5.73 Å². The summed E-state index contributed by atoms with van der Waals surface area (Å²) in [6, 6.07) is 4.13. The van der Waals surface area contributed by atoms with Crippen LogP contribution in [-0.4, -0.2) is 6.54 Å². The molecule has 0 atom stereocenters. The minimum atomic E-state index is 0.657. The van der Waals surface area contributed by atoms with E-state index in [0.717, 1.165) is 17.0 Å². The van der Waals surface area contributed by atoms with Crippen LogP contribution in [0, 0.1) is 13.8 Å². The summed E-state index contributed by atoms with van der Waals surface area (Å²) in [5.74, 6) is 0. The summed E-state index contributed by atoms with van der Waals surface area (Å²) in [6.45, 7) is 4.74. The molecule has 0 aliphatic carbocycles. The second-order valence-electron chi connectivity index (χ2n) is 3.03. The number of nitrogens with two attached hydrogens (primary N) is 1. The molecule has 0 saturated heterocycles. The Morgan fingerprint density at radius 1 is 1.25 bits per heavy atom. The number of aryl methyl sites for hydroxylation is 2. The van der Waals surface area contributed by atoms with Gasteiger partial charge in [-0.15, -0.1) is 0 Å². The van der Waals surface area contributed by atoms with E-state index in [1.807, 2.05) is 13.0 Å². The second-order valence-corrected chi connectivity index (χ2v) is 3.41. The molecule has 2 N–H and O–H groups in total. The van der Waals surface area contributed by atoms with Crippen LogP contribution < -0.4 is 5.73 Å². The van der Waals surface area contributed by atoms with Gasteiger partial charge in [0, 0.05) is 5.02 Å². The number of hydrogen-bond acceptors (Lipinski definition) is 1. The van der Waals surface area contributed by atoms with Crippen molar-refractivity contribution >= 4 is 11.6 Å². The average Bonchev–Trinajstić information content (AvgIpc) is 2.06. The molecule has 0 radical (unpaired) electrons. The third kappa shape index (κ3) is 1.79. The van der Waals surface area contributed by atoms with Gasteiger partial charge in [0.15, 0.2) is 0 Å². The SMILES string of the molecule is Cc1ccc(C)c(CCN)c1Cl. The van der Waals surface area contributed by atoms with Gasteiger partial charge in [-0.2, -0.15) is 0 Å². The van der Waals surface area contributed by atoms with Crippen LogP contribution >= 0.6 is 11.6 Å². The van der Waals surface area contributed by atoms with E-state index in [1.54, 1.807) is 0 Å². The lowest BCUT2D eigenvalue weighted by Gasteiger charge is -2.08. The van der Waals surface area contributed by atoms with Crippen LogP contribution in [0.1, 0.15) is 16.7 Å². The van der Waals surface area contributed by atoms with Crippen molar-refractivity contribution in [2.75, 3.05) is 6.54 Å². The topological polar surface area (TPSA) is 26.0 Å². The maximum Gasteiger partial charge on any atom is 0.0470 e. The Hall–Kier alpha value is -0.530. The number of rotatable bonds is 2. The summed E-state index contributed by atoms with van der Waals surface area (Å²) in [7, 11) is 0. The van der Waals surface area contributed by atoms with Gasteiger partial charge in [0.25, 0.3) is 0 Å². The fourth-order valence-corrected chi connectivity index (χ4v) is 1.59. The van der Waals surface area contributed by atoms with Crippen molar-refractivity contribution in [1.82, 2.24) is 0 Å². The fraction of sp³-hybridized carbons (Fsp3) is 0.400. The molecular weight excluding hydrogens is 170 g/mol. The van der Waals surface area contributed by atoms with Crippen LogP contribution in [0.25, 0.3) is 0 Å². The number of hydrogen-bond donors (Lipinski definition) is 1. The lowest BCUT2D eigenvalue weighted by Crippen LogP contribution is -2.05. The van der Waals surface area contributed by atoms with E-state index in [9.17, 15) is 0 Å². The lowest BCUT2D eigenvalue weighted by molar-refractivity contribution is 0.956. The Morgan fingerprint density at radius 3 is 2.42 bits per heavy atom. The van der Waals surface area contributed by atoms with Crippen molar-refractivity contribution in [3.8, 4) is 0 Å². The van der Waals surface area contributed by atoms with Crippen LogP contribution in [0.2, 0.25) is 5.02 Å². The first-order valence-electron chi connectivity index (χ1n) is 4.11. The van der Waals surface area contributed by atoms with Crippen LogP contribution in [0.3, 0.4) is 0 Å². The van der Waals surface area contributed by atoms with E-state index in [2.05, 4.69) is 13.0 Å². The molecule has 0 bridgehead atoms. The fourth-order valence-electron chi connectivity index (χ4n) is 1.29. The largest absolute Gasteiger partial charge is 0.330 e. The molecule has 1 nitrogen and oxygen atoms in total. The summed E-state index contributed by atoms with van der Waals surface area (Å²) in [5, 5.41) is 0.875. The lowest BCUT2D eigenvalue weighted by atomic mass is 10.0. The standard InChI is InChI=1S/C10H14ClN/c1-7-3-4-8(2)10(11)9(7)5-6-12/h3-4H,5-6,12H2,1-2H3. The molecule has 0 aromatic heterocycles. The van der Waals surface area contributed by atoms with Crippen molar-refractivity contribution in [2.45, 2.75) is 20.3 Å². The third-order valence-electron chi connectivity index (χ3n) is 2.06. The normalized spacial score (nSPS) is 10.3. The Labute approximate surface area is 78.5 Å². The molecular formula is C10H14ClN. The molecule has 1 aromatic rings. The molecule has 0 aliphatic rings. The molecule has 1 rings (SSSR count). The van der Waals surface area contributed by atoms with Gasteiger partial charge in [0.1, 0.15) is 0 Å². The first kappa shape index (κ1) is 9.56. The third-order valence-corrected chi connectivity index (χ3v) is 2.59. The van der Waals surface area contributed by atoms with Gasteiger partial charge in [-0.3, -0.25) is 0 Å². The van der Waals surface area contributed by atoms with Crippen molar-refractivity contribution in [1.29, 1.82) is 0 Å². The van der Waals surface area contributed by atoms with Crippen LogP contribution in [0.4, 0.5) is 0 Å². The minimum absolute atomic E-state index is 0.657. The maximum absolute atomic E-state index is 6.12. The predicted octanol–water partition coefficient (Wildman–Crippen LogP) is 2.46. The summed E-state index contributed by atoms with van der Waals surface area (Å²) >= 11 is 6.12. The van der Waals surface area contributed by atoms with Crippen molar-refractivity contribution < 1.29 is 0 Å². The molecule has 12 heavy (non-hydrogen) atoms. The smallest absolute Gasteiger partial charge is 0.0470 e. The molecule has 0 heterocycles. The van der Waals surface area contributed by atoms with E-state index in [4.69, 9.17) is 17.3 Å². The van der Waals surface area contributed by atoms with Gasteiger partial charge in [-0.05, 0) is 43.5 Å². The Kier molecular flexibility index (Phi) is 3.12. The summed E-state index contributed by atoms with van der Waals surface area (Å²) < 4.78 is 0. The van der Waals surface area contributed by atoms with Crippen LogP contribution in [-0.2, 0) is 6.42 Å². The molecule has 0 amide bonds. The van der Waals surface area contributed by atoms with Gasteiger partial charge in [-0.25, -0.2) is 0 Å². The summed E-state index contributed by atoms with van der Waals surface area (Å²) in [6.07, 6.45) is 0.867. The zero-order chi connectivity index (χ0) is 9.14. The van der Waals surface area contributed by atoms with Gasteiger partial charge in [0.2, 0.25) is 0 Å². The van der Waals surface area contributed by atoms with E-state index in [0.29, 0.717) is 6.54 Å². The first-order valence-corrected chi connectivity index (χ1v) is 4.49. The zero-order valence-electron chi connectivity index (χ0n) is 7.52. The first-order chi connectivity index (χ1) is 5.66. The predicted molar refractivity (Wildman–Crippen MR) is 53.7 cm³/mol. The Morgan fingerprint density at radius 2 is 1.83 bits per heavy atom. The molecule has 66 valence electrons. The molecule has 1 aromatic carbocycles. The molecule has 2 heteroatoms.